The second kappa shape index (κ2) is 8.87. The zero-order chi connectivity index (χ0) is 20.1. The number of anilines is 2. The van der Waals surface area contributed by atoms with Gasteiger partial charge in [0.05, 0.1) is 12.1 Å². The molecule has 0 radical (unpaired) electrons. The van der Waals surface area contributed by atoms with E-state index in [1.54, 1.807) is 30.3 Å². The van der Waals surface area contributed by atoms with Crippen LogP contribution in [-0.4, -0.2) is 16.0 Å². The van der Waals surface area contributed by atoms with Crippen LogP contribution in [0.1, 0.15) is 30.2 Å². The minimum absolute atomic E-state index is 0.162. The maximum atomic E-state index is 12.2. The summed E-state index contributed by atoms with van der Waals surface area (Å²) in [5.74, 6) is -0.259. The molecule has 0 bridgehead atoms. The number of fused-ring (bicyclic) bond motifs is 1. The molecule has 3 rings (SSSR count). The van der Waals surface area contributed by atoms with Crippen LogP contribution < -0.4 is 11.1 Å². The minimum atomic E-state index is -0.259. The average molecular weight is 396 g/mol. The molecule has 6 heteroatoms. The number of nitrogens with zero attached hydrogens (tertiary/aromatic N) is 1. The Morgan fingerprint density at radius 2 is 2.00 bits per heavy atom. The molecule has 1 amide bonds. The topological polar surface area (TPSA) is 88.2 Å². The van der Waals surface area contributed by atoms with Crippen LogP contribution in [0.25, 0.3) is 17.0 Å². The highest BCUT2D eigenvalue weighted by Gasteiger charge is 2.12. The maximum Gasteiger partial charge on any atom is 0.248 e. The number of hydrogen-bond acceptors (Lipinski definition) is 4. The number of nitrogens with one attached hydrogen (secondary N) is 1. The Morgan fingerprint density at radius 1 is 1.25 bits per heavy atom. The van der Waals surface area contributed by atoms with Gasteiger partial charge in [-0.3, -0.25) is 9.78 Å². The summed E-state index contributed by atoms with van der Waals surface area (Å²) in [5, 5.41) is 13.9. The molecule has 28 heavy (non-hydrogen) atoms. The van der Waals surface area contributed by atoms with Crippen molar-refractivity contribution >= 4 is 45.9 Å². The first-order valence-corrected chi connectivity index (χ1v) is 9.46. The quantitative estimate of drug-likeness (QED) is 0.533. The monoisotopic (exact) mass is 395 g/mol. The summed E-state index contributed by atoms with van der Waals surface area (Å²) < 4.78 is 0. The van der Waals surface area contributed by atoms with Gasteiger partial charge in [0.25, 0.3) is 0 Å². The van der Waals surface area contributed by atoms with E-state index in [1.807, 2.05) is 18.2 Å². The van der Waals surface area contributed by atoms with Crippen molar-refractivity contribution in [2.75, 3.05) is 11.1 Å². The normalized spacial score (nSPS) is 11.2. The maximum absolute atomic E-state index is 12.2. The summed E-state index contributed by atoms with van der Waals surface area (Å²) in [5.41, 5.74) is 10.5. The van der Waals surface area contributed by atoms with Gasteiger partial charge in [-0.1, -0.05) is 37.1 Å². The summed E-state index contributed by atoms with van der Waals surface area (Å²) >= 11 is 5.86. The SMILES string of the molecule is CCCc1nc2ccc(NC(=O)C=Cc3ccc(Cl)cc3)cc2c(N)c1CO. The Balaban J connectivity index is 1.83. The Morgan fingerprint density at radius 3 is 2.68 bits per heavy atom. The van der Waals surface area contributed by atoms with Crippen molar-refractivity contribution in [2.45, 2.75) is 26.4 Å². The molecule has 3 aromatic rings. The fourth-order valence-corrected chi connectivity index (χ4v) is 3.13. The number of halogens is 1. The number of aryl methyl sites for hydroxylation is 1. The fourth-order valence-electron chi connectivity index (χ4n) is 3.01. The predicted molar refractivity (Wildman–Crippen MR) is 115 cm³/mol. The van der Waals surface area contributed by atoms with Gasteiger partial charge in [-0.2, -0.15) is 0 Å². The van der Waals surface area contributed by atoms with E-state index in [0.717, 1.165) is 29.6 Å². The van der Waals surface area contributed by atoms with Crippen molar-refractivity contribution in [2.24, 2.45) is 0 Å². The van der Waals surface area contributed by atoms with Gasteiger partial charge in [0.2, 0.25) is 5.91 Å². The number of amides is 1. The van der Waals surface area contributed by atoms with E-state index >= 15 is 0 Å². The van der Waals surface area contributed by atoms with Crippen LogP contribution in [0.3, 0.4) is 0 Å². The number of carbonyl (C=O) groups excluding carboxylic acids is 1. The zero-order valence-corrected chi connectivity index (χ0v) is 16.3. The smallest absolute Gasteiger partial charge is 0.248 e. The Labute approximate surface area is 168 Å². The van der Waals surface area contributed by atoms with Crippen LogP contribution in [0.2, 0.25) is 5.02 Å². The lowest BCUT2D eigenvalue weighted by Gasteiger charge is -2.13. The summed E-state index contributed by atoms with van der Waals surface area (Å²) in [7, 11) is 0. The number of aliphatic hydroxyl groups is 1. The van der Waals surface area contributed by atoms with Gasteiger partial charge in [0, 0.05) is 39.1 Å². The molecule has 0 spiro atoms. The number of aliphatic hydroxyl groups excluding tert-OH is 1. The van der Waals surface area contributed by atoms with Crippen LogP contribution >= 0.6 is 11.6 Å². The molecule has 1 heterocycles. The first-order chi connectivity index (χ1) is 13.5. The van der Waals surface area contributed by atoms with Gasteiger partial charge in [-0.25, -0.2) is 0 Å². The van der Waals surface area contributed by atoms with Gasteiger partial charge < -0.3 is 16.2 Å². The molecule has 0 unspecified atom stereocenters. The Kier molecular flexibility index (Phi) is 6.29. The van der Waals surface area contributed by atoms with Crippen LogP contribution in [0.15, 0.2) is 48.5 Å². The Bertz CT molecular complexity index is 1030. The molecule has 4 N–H and O–H groups in total. The average Bonchev–Trinajstić information content (AvgIpc) is 2.69. The van der Waals surface area contributed by atoms with Crippen molar-refractivity contribution in [1.82, 2.24) is 4.98 Å². The second-order valence-electron chi connectivity index (χ2n) is 6.46. The highest BCUT2D eigenvalue weighted by atomic mass is 35.5. The molecule has 0 fully saturated rings. The summed E-state index contributed by atoms with van der Waals surface area (Å²) in [6, 6.07) is 12.6. The van der Waals surface area contributed by atoms with Gasteiger partial charge in [-0.05, 0) is 48.4 Å². The number of carbonyl (C=O) groups is 1. The summed E-state index contributed by atoms with van der Waals surface area (Å²) in [6.45, 7) is 1.89. The van der Waals surface area contributed by atoms with E-state index in [-0.39, 0.29) is 12.5 Å². The van der Waals surface area contributed by atoms with E-state index in [9.17, 15) is 9.90 Å². The number of pyridine rings is 1. The van der Waals surface area contributed by atoms with Crippen molar-refractivity contribution in [3.05, 3.63) is 70.4 Å². The summed E-state index contributed by atoms with van der Waals surface area (Å²) in [4.78, 5) is 16.8. The third-order valence-electron chi connectivity index (χ3n) is 4.43. The number of rotatable bonds is 6. The van der Waals surface area contributed by atoms with E-state index in [0.29, 0.717) is 27.3 Å². The molecule has 0 saturated carbocycles. The first kappa shape index (κ1) is 19.9. The predicted octanol–water partition coefficient (Wildman–Crippen LogP) is 4.57. The largest absolute Gasteiger partial charge is 0.398 e. The number of nitrogens with two attached hydrogens (primary N) is 1. The lowest BCUT2D eigenvalue weighted by Crippen LogP contribution is -2.09. The van der Waals surface area contributed by atoms with Gasteiger partial charge in [0.15, 0.2) is 0 Å². The van der Waals surface area contributed by atoms with Crippen molar-refractivity contribution in [3.63, 3.8) is 0 Å². The lowest BCUT2D eigenvalue weighted by atomic mass is 10.0. The van der Waals surface area contributed by atoms with Crippen LogP contribution in [-0.2, 0) is 17.8 Å². The minimum Gasteiger partial charge on any atom is -0.398 e. The van der Waals surface area contributed by atoms with Crippen molar-refractivity contribution in [3.8, 4) is 0 Å². The molecular weight excluding hydrogens is 374 g/mol. The molecule has 0 aliphatic carbocycles. The number of aromatic nitrogens is 1. The Hall–Kier alpha value is -2.89. The molecule has 0 aliphatic heterocycles. The van der Waals surface area contributed by atoms with E-state index < -0.39 is 0 Å². The van der Waals surface area contributed by atoms with Crippen molar-refractivity contribution < 1.29 is 9.90 Å². The zero-order valence-electron chi connectivity index (χ0n) is 15.6. The van der Waals surface area contributed by atoms with Gasteiger partial charge >= 0.3 is 0 Å². The fraction of sp³-hybridized carbons (Fsp3) is 0.182. The molecule has 144 valence electrons. The molecule has 1 aromatic heterocycles. The molecule has 0 aliphatic rings. The van der Waals surface area contributed by atoms with Gasteiger partial charge in [-0.15, -0.1) is 0 Å². The van der Waals surface area contributed by atoms with Crippen LogP contribution in [0.4, 0.5) is 11.4 Å². The lowest BCUT2D eigenvalue weighted by molar-refractivity contribution is -0.111. The number of nitrogen functional groups attached to an aromatic ring is 1. The third kappa shape index (κ3) is 4.50. The summed E-state index contributed by atoms with van der Waals surface area (Å²) in [6.07, 6.45) is 4.84. The molecular formula is C22H22ClN3O2. The second-order valence-corrected chi connectivity index (χ2v) is 6.90. The number of benzene rings is 2. The highest BCUT2D eigenvalue weighted by molar-refractivity contribution is 6.30. The number of hydrogen-bond donors (Lipinski definition) is 3. The van der Waals surface area contributed by atoms with E-state index in [4.69, 9.17) is 17.3 Å². The molecule has 0 saturated heterocycles. The third-order valence-corrected chi connectivity index (χ3v) is 4.68. The van der Waals surface area contributed by atoms with Crippen molar-refractivity contribution in [1.29, 1.82) is 0 Å². The highest BCUT2D eigenvalue weighted by Crippen LogP contribution is 2.29. The van der Waals surface area contributed by atoms with E-state index in [2.05, 4.69) is 17.2 Å². The standard InChI is InChI=1S/C22H22ClN3O2/c1-2-3-19-18(13-27)22(24)17-12-16(9-10-20(17)26-19)25-21(28)11-6-14-4-7-15(23)8-5-14/h4-12,27H,2-3,13H2,1H3,(H2,24,26)(H,25,28). The first-order valence-electron chi connectivity index (χ1n) is 9.08. The molecule has 5 nitrogen and oxygen atoms in total. The van der Waals surface area contributed by atoms with Crippen LogP contribution in [0.5, 0.6) is 0 Å². The van der Waals surface area contributed by atoms with Gasteiger partial charge in [0.1, 0.15) is 0 Å². The molecule has 2 aromatic carbocycles. The molecule has 0 atom stereocenters. The van der Waals surface area contributed by atoms with Crippen LogP contribution in [0, 0.1) is 0 Å². The van der Waals surface area contributed by atoms with E-state index in [1.165, 1.54) is 6.08 Å².